The molecule has 7 heteroatoms. The zero-order valence-electron chi connectivity index (χ0n) is 15.3. The van der Waals surface area contributed by atoms with Crippen molar-refractivity contribution in [2.75, 3.05) is 12.4 Å². The van der Waals surface area contributed by atoms with Crippen LogP contribution in [0.1, 0.15) is 22.8 Å². The Morgan fingerprint density at radius 3 is 2.36 bits per heavy atom. The number of amides is 1. The number of rotatable bonds is 5. The van der Waals surface area contributed by atoms with Crippen LogP contribution < -0.4 is 24.8 Å². The molecule has 0 atom stereocenters. The van der Waals surface area contributed by atoms with Crippen LogP contribution >= 0.6 is 11.3 Å². The summed E-state index contributed by atoms with van der Waals surface area (Å²) in [6.07, 6.45) is 3.14. The molecular formula is C21H18N2O4S. The summed E-state index contributed by atoms with van der Waals surface area (Å²) in [5, 5.41) is 2.69. The van der Waals surface area contributed by atoms with Crippen molar-refractivity contribution in [3.05, 3.63) is 79.2 Å². The van der Waals surface area contributed by atoms with Gasteiger partial charge in [0.25, 0.3) is 5.56 Å². The maximum atomic E-state index is 12.4. The van der Waals surface area contributed by atoms with E-state index in [1.54, 1.807) is 61.7 Å². The number of thiazole rings is 1. The number of hydrogen-bond acceptors (Lipinski definition) is 5. The van der Waals surface area contributed by atoms with E-state index in [0.717, 1.165) is 5.56 Å². The number of Topliss-reactive ketones (excluding diaryl/α,β-unsaturated/α-hetero) is 1. The molecule has 0 spiro atoms. The Morgan fingerprint density at radius 2 is 1.75 bits per heavy atom. The summed E-state index contributed by atoms with van der Waals surface area (Å²) in [4.78, 5) is 38.3. The molecule has 3 aromatic rings. The van der Waals surface area contributed by atoms with Crippen molar-refractivity contribution in [3.63, 3.8) is 0 Å². The summed E-state index contributed by atoms with van der Waals surface area (Å²) in [6.45, 7) is 1.44. The van der Waals surface area contributed by atoms with Crippen LogP contribution in [0, 0.1) is 0 Å². The van der Waals surface area contributed by atoms with Crippen LogP contribution in [-0.2, 0) is 4.79 Å². The van der Waals surface area contributed by atoms with Gasteiger partial charge >= 0.3 is 0 Å². The highest BCUT2D eigenvalue weighted by Crippen LogP contribution is 2.12. The second kappa shape index (κ2) is 8.49. The first-order valence-corrected chi connectivity index (χ1v) is 9.25. The van der Waals surface area contributed by atoms with Crippen molar-refractivity contribution < 1.29 is 14.3 Å². The summed E-state index contributed by atoms with van der Waals surface area (Å²) in [6, 6.07) is 13.9. The van der Waals surface area contributed by atoms with Crippen LogP contribution in [0.2, 0.25) is 0 Å². The number of H-pyrrole nitrogens is 1. The van der Waals surface area contributed by atoms with Crippen LogP contribution in [0.25, 0.3) is 12.2 Å². The summed E-state index contributed by atoms with van der Waals surface area (Å²) < 4.78 is 6.04. The van der Waals surface area contributed by atoms with E-state index >= 15 is 0 Å². The number of benzene rings is 2. The van der Waals surface area contributed by atoms with Crippen LogP contribution in [0.15, 0.2) is 53.3 Å². The number of nitrogens with one attached hydrogen (secondary N) is 2. The third-order valence-electron chi connectivity index (χ3n) is 3.85. The van der Waals surface area contributed by atoms with Gasteiger partial charge in [-0.3, -0.25) is 14.4 Å². The molecule has 1 aromatic heterocycles. The normalized spacial score (nSPS) is 12.1. The van der Waals surface area contributed by atoms with E-state index in [9.17, 15) is 14.4 Å². The van der Waals surface area contributed by atoms with Gasteiger partial charge in [-0.2, -0.15) is 0 Å². The predicted molar refractivity (Wildman–Crippen MR) is 110 cm³/mol. The van der Waals surface area contributed by atoms with Crippen molar-refractivity contribution in [2.45, 2.75) is 6.92 Å². The lowest BCUT2D eigenvalue weighted by atomic mass is 10.1. The average molecular weight is 394 g/mol. The third kappa shape index (κ3) is 4.83. The molecule has 0 bridgehead atoms. The van der Waals surface area contributed by atoms with Crippen molar-refractivity contribution in [2.24, 2.45) is 0 Å². The number of carbonyl (C=O) groups excluding carboxylic acids is 2. The smallest absolute Gasteiger partial charge is 0.266 e. The third-order valence-corrected chi connectivity index (χ3v) is 4.81. The summed E-state index contributed by atoms with van der Waals surface area (Å²) in [5.41, 5.74) is 1.75. The van der Waals surface area contributed by atoms with E-state index in [1.807, 2.05) is 0 Å². The number of ketones is 1. The maximum Gasteiger partial charge on any atom is 0.266 e. The first kappa shape index (κ1) is 19.3. The molecule has 0 saturated carbocycles. The number of aromatic amines is 1. The fourth-order valence-electron chi connectivity index (χ4n) is 2.50. The Hall–Kier alpha value is -3.45. The van der Waals surface area contributed by atoms with Gasteiger partial charge in [0.1, 0.15) is 5.75 Å². The van der Waals surface area contributed by atoms with Crippen LogP contribution in [0.5, 0.6) is 5.75 Å². The SMILES string of the molecule is COc1ccc(C(=O)C=c2[nH]c(=O)c(=Cc3ccc(NC(C)=O)cc3)s2)cc1. The summed E-state index contributed by atoms with van der Waals surface area (Å²) in [7, 11) is 1.56. The minimum Gasteiger partial charge on any atom is -0.497 e. The Balaban J connectivity index is 1.86. The Kier molecular flexibility index (Phi) is 5.86. The Labute approximate surface area is 164 Å². The van der Waals surface area contributed by atoms with Gasteiger partial charge in [-0.25, -0.2) is 0 Å². The number of methoxy groups -OCH3 is 1. The molecule has 0 saturated heterocycles. The lowest BCUT2D eigenvalue weighted by Crippen LogP contribution is -2.20. The molecule has 0 aliphatic heterocycles. The first-order chi connectivity index (χ1) is 13.4. The molecule has 0 aliphatic carbocycles. The average Bonchev–Trinajstić information content (AvgIpc) is 3.01. The number of anilines is 1. The topological polar surface area (TPSA) is 88.3 Å². The molecule has 6 nitrogen and oxygen atoms in total. The van der Waals surface area contributed by atoms with E-state index in [-0.39, 0.29) is 17.2 Å². The van der Waals surface area contributed by atoms with Gasteiger partial charge in [0, 0.05) is 24.3 Å². The highest BCUT2D eigenvalue weighted by atomic mass is 32.1. The van der Waals surface area contributed by atoms with Gasteiger partial charge < -0.3 is 15.0 Å². The number of hydrogen-bond donors (Lipinski definition) is 2. The van der Waals surface area contributed by atoms with Crippen molar-refractivity contribution >= 4 is 40.9 Å². The molecule has 1 heterocycles. The molecular weight excluding hydrogens is 376 g/mol. The molecule has 0 radical (unpaired) electrons. The minimum absolute atomic E-state index is 0.145. The van der Waals surface area contributed by atoms with Crippen molar-refractivity contribution in [1.82, 2.24) is 4.98 Å². The van der Waals surface area contributed by atoms with Gasteiger partial charge in [-0.05, 0) is 48.0 Å². The summed E-state index contributed by atoms with van der Waals surface area (Å²) in [5.74, 6) is 0.321. The minimum atomic E-state index is -0.260. The van der Waals surface area contributed by atoms with Crippen molar-refractivity contribution in [1.29, 1.82) is 0 Å². The maximum absolute atomic E-state index is 12.4. The molecule has 0 fully saturated rings. The van der Waals surface area contributed by atoms with Gasteiger partial charge in [-0.1, -0.05) is 12.1 Å². The molecule has 0 unspecified atom stereocenters. The number of ether oxygens (including phenoxy) is 1. The van der Waals surface area contributed by atoms with E-state index in [4.69, 9.17) is 4.74 Å². The quantitative estimate of drug-likeness (QED) is 0.647. The van der Waals surface area contributed by atoms with Gasteiger partial charge in [0.2, 0.25) is 5.91 Å². The van der Waals surface area contributed by atoms with Gasteiger partial charge in [0.15, 0.2) is 5.78 Å². The Morgan fingerprint density at radius 1 is 1.07 bits per heavy atom. The molecule has 0 aliphatic rings. The lowest BCUT2D eigenvalue weighted by molar-refractivity contribution is -0.114. The van der Waals surface area contributed by atoms with Crippen molar-refractivity contribution in [3.8, 4) is 5.75 Å². The van der Waals surface area contributed by atoms with E-state index < -0.39 is 0 Å². The van der Waals surface area contributed by atoms with Crippen LogP contribution in [0.3, 0.4) is 0 Å². The standard InChI is InChI=1S/C21H18N2O4S/c1-13(24)22-16-7-3-14(4-8-16)11-19-21(26)23-20(28-19)12-18(25)15-5-9-17(27-2)10-6-15/h3-12H,1-2H3,(H,22,24)(H,23,26). The van der Waals surface area contributed by atoms with Gasteiger partial charge in [-0.15, -0.1) is 11.3 Å². The second-order valence-corrected chi connectivity index (χ2v) is 7.05. The predicted octanol–water partition coefficient (Wildman–Crippen LogP) is 1.90. The zero-order valence-corrected chi connectivity index (χ0v) is 16.1. The zero-order chi connectivity index (χ0) is 20.1. The molecule has 2 aromatic carbocycles. The number of carbonyl (C=O) groups is 2. The monoisotopic (exact) mass is 394 g/mol. The number of aromatic nitrogens is 1. The highest BCUT2D eigenvalue weighted by molar-refractivity contribution is 7.07. The second-order valence-electron chi connectivity index (χ2n) is 5.97. The first-order valence-electron chi connectivity index (χ1n) is 8.43. The lowest BCUT2D eigenvalue weighted by Gasteiger charge is -2.01. The fraction of sp³-hybridized carbons (Fsp3) is 0.0952. The highest BCUT2D eigenvalue weighted by Gasteiger charge is 2.04. The molecule has 142 valence electrons. The largest absolute Gasteiger partial charge is 0.497 e. The summed E-state index contributed by atoms with van der Waals surface area (Å²) >= 11 is 1.21. The Bertz CT molecular complexity index is 1170. The van der Waals surface area contributed by atoms with Crippen LogP contribution in [0.4, 0.5) is 5.69 Å². The van der Waals surface area contributed by atoms with Gasteiger partial charge in [0.05, 0.1) is 16.3 Å². The molecule has 28 heavy (non-hydrogen) atoms. The van der Waals surface area contributed by atoms with Crippen LogP contribution in [-0.4, -0.2) is 23.8 Å². The fourth-order valence-corrected chi connectivity index (χ4v) is 3.38. The van der Waals surface area contributed by atoms with E-state index in [1.165, 1.54) is 24.3 Å². The van der Waals surface area contributed by atoms with E-state index in [0.29, 0.717) is 26.2 Å². The molecule has 1 amide bonds. The van der Waals surface area contributed by atoms with E-state index in [2.05, 4.69) is 10.3 Å². The molecule has 2 N–H and O–H groups in total. The molecule has 3 rings (SSSR count).